The molecule has 6 heteroatoms. The highest BCUT2D eigenvalue weighted by molar-refractivity contribution is 6.02. The Balaban J connectivity index is 0.00000200. The molecule has 5 nitrogen and oxygen atoms in total. The summed E-state index contributed by atoms with van der Waals surface area (Å²) in [5, 5.41) is 3.23. The Labute approximate surface area is 125 Å². The van der Waals surface area contributed by atoms with Crippen molar-refractivity contribution in [2.45, 2.75) is 27.2 Å². The predicted molar refractivity (Wildman–Crippen MR) is 80.9 cm³/mol. The SMILES string of the molecule is CCc1c(C(=O)N2CCNCC2)[nH]c(C)c1C(C)=O.Cl. The molecule has 1 aromatic heterocycles. The third-order valence-electron chi connectivity index (χ3n) is 3.61. The number of nitrogens with one attached hydrogen (secondary N) is 2. The second-order valence-corrected chi connectivity index (χ2v) is 4.93. The second-order valence-electron chi connectivity index (χ2n) is 4.93. The minimum absolute atomic E-state index is 0. The first-order valence-electron chi connectivity index (χ1n) is 6.78. The molecular weight excluding hydrogens is 278 g/mol. The number of carbonyl (C=O) groups is 2. The van der Waals surface area contributed by atoms with Crippen LogP contribution in [0.1, 0.15) is 46.0 Å². The first-order chi connectivity index (χ1) is 9.06. The van der Waals surface area contributed by atoms with Gasteiger partial charge in [-0.05, 0) is 25.8 Å². The van der Waals surface area contributed by atoms with E-state index in [1.54, 1.807) is 6.92 Å². The highest BCUT2D eigenvalue weighted by atomic mass is 35.5. The molecule has 0 aliphatic carbocycles. The number of hydrogen-bond acceptors (Lipinski definition) is 3. The Kier molecular flexibility index (Phi) is 5.77. The number of Topliss-reactive ketones (excluding diaryl/α,β-unsaturated/α-hetero) is 1. The molecule has 2 N–H and O–H groups in total. The Bertz CT molecular complexity index is 505. The summed E-state index contributed by atoms with van der Waals surface area (Å²) in [5.74, 6) is 0.0268. The van der Waals surface area contributed by atoms with Gasteiger partial charge in [-0.1, -0.05) is 6.92 Å². The molecule has 0 unspecified atom stereocenters. The van der Waals surface area contributed by atoms with Crippen molar-refractivity contribution < 1.29 is 9.59 Å². The lowest BCUT2D eigenvalue weighted by Gasteiger charge is -2.27. The van der Waals surface area contributed by atoms with Gasteiger partial charge in [-0.3, -0.25) is 9.59 Å². The van der Waals surface area contributed by atoms with Crippen LogP contribution in [-0.4, -0.2) is 47.8 Å². The summed E-state index contributed by atoms with van der Waals surface area (Å²) in [4.78, 5) is 29.2. The zero-order chi connectivity index (χ0) is 14.0. The topological polar surface area (TPSA) is 65.2 Å². The van der Waals surface area contributed by atoms with Crippen LogP contribution < -0.4 is 5.32 Å². The van der Waals surface area contributed by atoms with Gasteiger partial charge in [0.15, 0.2) is 5.78 Å². The molecule has 1 aliphatic heterocycles. The fourth-order valence-corrected chi connectivity index (χ4v) is 2.72. The molecule has 20 heavy (non-hydrogen) atoms. The van der Waals surface area contributed by atoms with E-state index in [1.807, 2.05) is 18.7 Å². The van der Waals surface area contributed by atoms with Crippen LogP contribution in [0.3, 0.4) is 0 Å². The van der Waals surface area contributed by atoms with Gasteiger partial charge in [-0.25, -0.2) is 0 Å². The van der Waals surface area contributed by atoms with E-state index < -0.39 is 0 Å². The van der Waals surface area contributed by atoms with Crippen molar-refractivity contribution in [2.75, 3.05) is 26.2 Å². The number of ketones is 1. The van der Waals surface area contributed by atoms with E-state index in [0.29, 0.717) is 17.7 Å². The van der Waals surface area contributed by atoms with Crippen LogP contribution in [0.4, 0.5) is 0 Å². The fourth-order valence-electron chi connectivity index (χ4n) is 2.72. The van der Waals surface area contributed by atoms with Crippen LogP contribution in [0.15, 0.2) is 0 Å². The molecule has 0 aromatic carbocycles. The average molecular weight is 300 g/mol. The van der Waals surface area contributed by atoms with E-state index in [0.717, 1.165) is 37.4 Å². The number of nitrogens with zero attached hydrogens (tertiary/aromatic N) is 1. The normalized spacial score (nSPS) is 14.8. The molecule has 2 rings (SSSR count). The van der Waals surface area contributed by atoms with Crippen molar-refractivity contribution in [3.8, 4) is 0 Å². The van der Waals surface area contributed by atoms with Crippen molar-refractivity contribution in [1.29, 1.82) is 0 Å². The largest absolute Gasteiger partial charge is 0.354 e. The number of halogens is 1. The third kappa shape index (κ3) is 3.04. The molecule has 2 heterocycles. The van der Waals surface area contributed by atoms with Crippen molar-refractivity contribution in [1.82, 2.24) is 15.2 Å². The number of rotatable bonds is 3. The summed E-state index contributed by atoms with van der Waals surface area (Å²) in [6, 6.07) is 0. The summed E-state index contributed by atoms with van der Waals surface area (Å²) < 4.78 is 0. The maximum Gasteiger partial charge on any atom is 0.270 e. The smallest absolute Gasteiger partial charge is 0.270 e. The number of amides is 1. The van der Waals surface area contributed by atoms with Gasteiger partial charge in [0.1, 0.15) is 5.69 Å². The standard InChI is InChI=1S/C14H21N3O2.ClH/c1-4-11-12(10(3)18)9(2)16-13(11)14(19)17-7-5-15-6-8-17;/h15-16H,4-8H2,1-3H3;1H. The molecule has 0 saturated carbocycles. The van der Waals surface area contributed by atoms with Crippen LogP contribution >= 0.6 is 12.4 Å². The highest BCUT2D eigenvalue weighted by Gasteiger charge is 2.25. The predicted octanol–water partition coefficient (Wildman–Crippen LogP) is 1.56. The van der Waals surface area contributed by atoms with Crippen LogP contribution in [0.25, 0.3) is 0 Å². The highest BCUT2D eigenvalue weighted by Crippen LogP contribution is 2.21. The second kappa shape index (κ2) is 6.90. The van der Waals surface area contributed by atoms with Gasteiger partial charge in [0.25, 0.3) is 5.91 Å². The number of piperazine rings is 1. The van der Waals surface area contributed by atoms with Gasteiger partial charge in [-0.15, -0.1) is 12.4 Å². The van der Waals surface area contributed by atoms with Gasteiger partial charge in [0.05, 0.1) is 0 Å². The molecule has 1 saturated heterocycles. The van der Waals surface area contributed by atoms with Crippen LogP contribution in [-0.2, 0) is 6.42 Å². The Hall–Kier alpha value is -1.33. The molecular formula is C14H22ClN3O2. The number of aromatic nitrogens is 1. The Morgan fingerprint density at radius 1 is 1.25 bits per heavy atom. The minimum atomic E-state index is 0. The molecule has 0 atom stereocenters. The molecule has 0 radical (unpaired) electrons. The zero-order valence-corrected chi connectivity index (χ0v) is 13.0. The lowest BCUT2D eigenvalue weighted by molar-refractivity contribution is 0.0729. The van der Waals surface area contributed by atoms with E-state index in [-0.39, 0.29) is 24.1 Å². The number of H-pyrrole nitrogens is 1. The quantitative estimate of drug-likeness (QED) is 0.833. The van der Waals surface area contributed by atoms with E-state index in [2.05, 4.69) is 10.3 Å². The van der Waals surface area contributed by atoms with Crippen molar-refractivity contribution >= 4 is 24.1 Å². The average Bonchev–Trinajstić information content (AvgIpc) is 2.75. The molecule has 112 valence electrons. The minimum Gasteiger partial charge on any atom is -0.354 e. The molecule has 0 spiro atoms. The maximum atomic E-state index is 12.5. The first kappa shape index (κ1) is 16.7. The van der Waals surface area contributed by atoms with E-state index in [4.69, 9.17) is 0 Å². The maximum absolute atomic E-state index is 12.5. The van der Waals surface area contributed by atoms with Gasteiger partial charge in [-0.2, -0.15) is 0 Å². The molecule has 1 amide bonds. The molecule has 1 aliphatic rings. The van der Waals surface area contributed by atoms with Gasteiger partial charge < -0.3 is 15.2 Å². The molecule has 0 bridgehead atoms. The van der Waals surface area contributed by atoms with Crippen molar-refractivity contribution in [3.63, 3.8) is 0 Å². The number of aromatic amines is 1. The summed E-state index contributed by atoms with van der Waals surface area (Å²) >= 11 is 0. The fraction of sp³-hybridized carbons (Fsp3) is 0.571. The lowest BCUT2D eigenvalue weighted by atomic mass is 10.0. The summed E-state index contributed by atoms with van der Waals surface area (Å²) in [5.41, 5.74) is 2.92. The van der Waals surface area contributed by atoms with Gasteiger partial charge >= 0.3 is 0 Å². The van der Waals surface area contributed by atoms with E-state index in [9.17, 15) is 9.59 Å². The van der Waals surface area contributed by atoms with Crippen molar-refractivity contribution in [3.05, 3.63) is 22.5 Å². The van der Waals surface area contributed by atoms with Crippen molar-refractivity contribution in [2.24, 2.45) is 0 Å². The number of carbonyl (C=O) groups excluding carboxylic acids is 2. The van der Waals surface area contributed by atoms with Gasteiger partial charge in [0.2, 0.25) is 0 Å². The van der Waals surface area contributed by atoms with Crippen LogP contribution in [0.5, 0.6) is 0 Å². The summed E-state index contributed by atoms with van der Waals surface area (Å²) in [7, 11) is 0. The monoisotopic (exact) mass is 299 g/mol. The molecule has 1 aromatic rings. The third-order valence-corrected chi connectivity index (χ3v) is 3.61. The summed E-state index contributed by atoms with van der Waals surface area (Å²) in [6.07, 6.45) is 0.687. The number of hydrogen-bond donors (Lipinski definition) is 2. The Morgan fingerprint density at radius 2 is 1.85 bits per heavy atom. The van der Waals surface area contributed by atoms with Crippen LogP contribution in [0, 0.1) is 6.92 Å². The number of aryl methyl sites for hydroxylation is 1. The zero-order valence-electron chi connectivity index (χ0n) is 12.2. The summed E-state index contributed by atoms with van der Waals surface area (Å²) in [6.45, 7) is 8.46. The lowest BCUT2D eigenvalue weighted by Crippen LogP contribution is -2.46. The van der Waals surface area contributed by atoms with E-state index in [1.165, 1.54) is 0 Å². The van der Waals surface area contributed by atoms with Gasteiger partial charge in [0, 0.05) is 37.4 Å². The molecule has 1 fully saturated rings. The van der Waals surface area contributed by atoms with Crippen LogP contribution in [0.2, 0.25) is 0 Å². The van der Waals surface area contributed by atoms with E-state index >= 15 is 0 Å². The Morgan fingerprint density at radius 3 is 2.35 bits per heavy atom. The first-order valence-corrected chi connectivity index (χ1v) is 6.78.